The number of nitrogens with zero attached hydrogens (tertiary/aromatic N) is 1. The summed E-state index contributed by atoms with van der Waals surface area (Å²) in [6, 6.07) is 14.4. The van der Waals surface area contributed by atoms with Gasteiger partial charge in [-0.3, -0.25) is 10.0 Å². The number of amides is 1. The number of hydrogen-bond donors (Lipinski definition) is 2. The minimum absolute atomic E-state index is 0.136. The zero-order valence-electron chi connectivity index (χ0n) is 17.6. The minimum Gasteiger partial charge on any atom is -0.356 e. The maximum absolute atomic E-state index is 12.1. The Labute approximate surface area is 163 Å². The van der Waals surface area contributed by atoms with Crippen molar-refractivity contribution in [1.82, 2.24) is 5.06 Å². The second kappa shape index (κ2) is 7.73. The zero-order chi connectivity index (χ0) is 20.4. The van der Waals surface area contributed by atoms with Gasteiger partial charge in [0, 0.05) is 16.8 Å². The van der Waals surface area contributed by atoms with Crippen LogP contribution < -0.4 is 5.32 Å². The summed E-state index contributed by atoms with van der Waals surface area (Å²) in [7, 11) is 0. The highest BCUT2D eigenvalue weighted by Gasteiger charge is 2.26. The van der Waals surface area contributed by atoms with E-state index in [1.54, 1.807) is 20.8 Å². The molecule has 0 spiro atoms. The Morgan fingerprint density at radius 1 is 0.963 bits per heavy atom. The van der Waals surface area contributed by atoms with Crippen LogP contribution in [0.4, 0.5) is 11.4 Å². The lowest BCUT2D eigenvalue weighted by molar-refractivity contribution is -0.177. The second-order valence-corrected chi connectivity index (χ2v) is 9.21. The fourth-order valence-electron chi connectivity index (χ4n) is 2.79. The molecule has 4 nitrogen and oxygen atoms in total. The van der Waals surface area contributed by atoms with Crippen LogP contribution >= 0.6 is 0 Å². The van der Waals surface area contributed by atoms with Gasteiger partial charge in [0.25, 0.3) is 5.91 Å². The second-order valence-electron chi connectivity index (χ2n) is 9.21. The number of hydroxylamine groups is 2. The number of aryl methyl sites for hydroxylation is 1. The summed E-state index contributed by atoms with van der Waals surface area (Å²) in [5, 5.41) is 14.3. The van der Waals surface area contributed by atoms with Crippen LogP contribution in [0.25, 0.3) is 0 Å². The van der Waals surface area contributed by atoms with E-state index in [4.69, 9.17) is 0 Å². The smallest absolute Gasteiger partial charge is 0.251 e. The number of nitrogens with one attached hydrogen (secondary N) is 1. The molecule has 146 valence electrons. The highest BCUT2D eigenvalue weighted by atomic mass is 16.5. The summed E-state index contributed by atoms with van der Waals surface area (Å²) < 4.78 is 0. The maximum Gasteiger partial charge on any atom is 0.251 e. The Morgan fingerprint density at radius 3 is 2.00 bits per heavy atom. The van der Waals surface area contributed by atoms with Crippen molar-refractivity contribution in [3.05, 3.63) is 59.2 Å². The Balaban J connectivity index is 2.09. The Kier molecular flexibility index (Phi) is 6.01. The van der Waals surface area contributed by atoms with Crippen LogP contribution in [-0.2, 0) is 16.8 Å². The molecule has 2 aromatic rings. The van der Waals surface area contributed by atoms with E-state index >= 15 is 0 Å². The van der Waals surface area contributed by atoms with E-state index in [0.717, 1.165) is 27.6 Å². The summed E-state index contributed by atoms with van der Waals surface area (Å²) in [4.78, 5) is 12.1. The first-order valence-electron chi connectivity index (χ1n) is 9.36. The minimum atomic E-state index is -0.608. The Morgan fingerprint density at radius 2 is 1.52 bits per heavy atom. The number of hydrogen-bond acceptors (Lipinski definition) is 3. The van der Waals surface area contributed by atoms with Crippen LogP contribution in [0.15, 0.2) is 42.5 Å². The van der Waals surface area contributed by atoms with E-state index in [9.17, 15) is 10.0 Å². The van der Waals surface area contributed by atoms with Gasteiger partial charge in [0.15, 0.2) is 0 Å². The average molecular weight is 369 g/mol. The molecule has 2 rings (SSSR count). The van der Waals surface area contributed by atoms with Gasteiger partial charge in [0.05, 0.1) is 6.54 Å². The molecular formula is C23H32N2O2. The van der Waals surface area contributed by atoms with Crippen molar-refractivity contribution in [2.45, 2.75) is 60.4 Å². The van der Waals surface area contributed by atoms with Crippen LogP contribution in [0, 0.1) is 12.3 Å². The molecule has 4 heteroatoms. The zero-order valence-corrected chi connectivity index (χ0v) is 17.6. The molecule has 0 aliphatic rings. The molecule has 0 heterocycles. The van der Waals surface area contributed by atoms with E-state index in [1.165, 1.54) is 5.56 Å². The maximum atomic E-state index is 12.1. The molecule has 0 radical (unpaired) electrons. The van der Waals surface area contributed by atoms with Gasteiger partial charge < -0.3 is 5.32 Å². The number of benzene rings is 2. The number of carbonyl (C=O) groups is 1. The van der Waals surface area contributed by atoms with Gasteiger partial charge in [0.1, 0.15) is 0 Å². The summed E-state index contributed by atoms with van der Waals surface area (Å²) in [6.07, 6.45) is 0. The Bertz CT molecular complexity index is 797. The fraction of sp³-hybridized carbons (Fsp3) is 0.435. The van der Waals surface area contributed by atoms with E-state index < -0.39 is 5.41 Å². The molecule has 27 heavy (non-hydrogen) atoms. The predicted octanol–water partition coefficient (Wildman–Crippen LogP) is 5.80. The summed E-state index contributed by atoms with van der Waals surface area (Å²) in [5.41, 5.74) is 4.77. The monoisotopic (exact) mass is 368 g/mol. The number of carbonyl (C=O) groups excluding carboxylic acids is 1. The molecule has 0 aromatic heterocycles. The molecule has 1 amide bonds. The molecular weight excluding hydrogens is 336 g/mol. The lowest BCUT2D eigenvalue weighted by atomic mass is 9.87. The van der Waals surface area contributed by atoms with E-state index in [-0.39, 0.29) is 17.9 Å². The molecule has 2 N–H and O–H groups in total. The molecule has 0 unspecified atom stereocenters. The number of anilines is 2. The van der Waals surface area contributed by atoms with Crippen LogP contribution in [0.3, 0.4) is 0 Å². The summed E-state index contributed by atoms with van der Waals surface area (Å²) in [5.74, 6) is -0.289. The molecule has 0 bridgehead atoms. The van der Waals surface area contributed by atoms with E-state index in [2.05, 4.69) is 50.4 Å². The van der Waals surface area contributed by atoms with Crippen LogP contribution in [0.2, 0.25) is 0 Å². The van der Waals surface area contributed by atoms with Crippen molar-refractivity contribution >= 4 is 17.3 Å². The SMILES string of the molecule is Cc1cc(Nc2ccc(C(C)(C)C)cc2)ccc1CN(O)C(=O)C(C)(C)C. The van der Waals surface area contributed by atoms with Crippen molar-refractivity contribution < 1.29 is 10.0 Å². The highest BCUT2D eigenvalue weighted by molar-refractivity contribution is 5.80. The topological polar surface area (TPSA) is 52.6 Å². The largest absolute Gasteiger partial charge is 0.356 e. The third-order valence-corrected chi connectivity index (χ3v) is 4.58. The average Bonchev–Trinajstić information content (AvgIpc) is 2.55. The van der Waals surface area contributed by atoms with E-state index in [0.29, 0.717) is 0 Å². The van der Waals surface area contributed by atoms with Crippen molar-refractivity contribution in [3.8, 4) is 0 Å². The molecule has 2 aromatic carbocycles. The van der Waals surface area contributed by atoms with Gasteiger partial charge in [-0.25, -0.2) is 5.06 Å². The standard InChI is InChI=1S/C23H32N2O2/c1-16-14-20(24-19-12-9-18(10-13-19)22(2,3)4)11-8-17(16)15-25(27)21(26)23(5,6)7/h8-14,24,27H,15H2,1-7H3. The van der Waals surface area contributed by atoms with Crippen molar-refractivity contribution in [2.75, 3.05) is 5.32 Å². The first-order valence-corrected chi connectivity index (χ1v) is 9.36. The molecule has 0 fully saturated rings. The molecule has 0 aliphatic carbocycles. The first kappa shape index (κ1) is 21.0. The third-order valence-electron chi connectivity index (χ3n) is 4.58. The van der Waals surface area contributed by atoms with Gasteiger partial charge in [-0.1, -0.05) is 59.7 Å². The highest BCUT2D eigenvalue weighted by Crippen LogP contribution is 2.26. The Hall–Kier alpha value is -2.33. The van der Waals surface area contributed by atoms with Crippen molar-refractivity contribution in [2.24, 2.45) is 5.41 Å². The third kappa shape index (κ3) is 5.57. The quantitative estimate of drug-likeness (QED) is 0.530. The van der Waals surface area contributed by atoms with Crippen LogP contribution in [0.1, 0.15) is 58.2 Å². The molecule has 0 atom stereocenters. The number of rotatable bonds is 4. The lowest BCUT2D eigenvalue weighted by Gasteiger charge is -2.24. The van der Waals surface area contributed by atoms with Crippen molar-refractivity contribution in [1.29, 1.82) is 0 Å². The van der Waals surface area contributed by atoms with Gasteiger partial charge in [0.2, 0.25) is 0 Å². The van der Waals surface area contributed by atoms with Crippen LogP contribution in [0.5, 0.6) is 0 Å². The van der Waals surface area contributed by atoms with Gasteiger partial charge in [-0.05, 0) is 53.3 Å². The van der Waals surface area contributed by atoms with Crippen LogP contribution in [-0.4, -0.2) is 16.2 Å². The van der Waals surface area contributed by atoms with E-state index in [1.807, 2.05) is 25.1 Å². The first-order chi connectivity index (χ1) is 12.4. The normalized spacial score (nSPS) is 12.0. The van der Waals surface area contributed by atoms with Gasteiger partial charge in [-0.15, -0.1) is 0 Å². The van der Waals surface area contributed by atoms with Gasteiger partial charge >= 0.3 is 0 Å². The predicted molar refractivity (Wildman–Crippen MR) is 111 cm³/mol. The molecule has 0 saturated heterocycles. The van der Waals surface area contributed by atoms with Gasteiger partial charge in [-0.2, -0.15) is 0 Å². The molecule has 0 saturated carbocycles. The summed E-state index contributed by atoms with van der Waals surface area (Å²) >= 11 is 0. The lowest BCUT2D eigenvalue weighted by Crippen LogP contribution is -2.36. The molecule has 0 aliphatic heterocycles. The van der Waals surface area contributed by atoms with Crippen molar-refractivity contribution in [3.63, 3.8) is 0 Å². The fourth-order valence-corrected chi connectivity index (χ4v) is 2.79. The summed E-state index contributed by atoms with van der Waals surface area (Å²) in [6.45, 7) is 14.2.